The Kier molecular flexibility index (Phi) is 2.14. The van der Waals surface area contributed by atoms with Crippen LogP contribution >= 0.6 is 0 Å². The Balaban J connectivity index is 3.50. The maximum atomic E-state index is 10.7. The van der Waals surface area contributed by atoms with Gasteiger partial charge in [-0.2, -0.15) is 0 Å². The molecule has 0 radical (unpaired) electrons. The third-order valence-corrected chi connectivity index (χ3v) is 2.13. The van der Waals surface area contributed by atoms with Gasteiger partial charge in [0.05, 0.1) is 11.3 Å². The van der Waals surface area contributed by atoms with Crippen LogP contribution in [0.4, 0.5) is 5.69 Å². The van der Waals surface area contributed by atoms with Crippen molar-refractivity contribution >= 4 is 11.7 Å². The van der Waals surface area contributed by atoms with Gasteiger partial charge in [0.15, 0.2) is 0 Å². The lowest BCUT2D eigenvalue weighted by Crippen LogP contribution is -2.03. The highest BCUT2D eigenvalue weighted by molar-refractivity contribution is 5.91. The van der Waals surface area contributed by atoms with Crippen molar-refractivity contribution in [3.8, 4) is 5.75 Å². The van der Waals surface area contributed by atoms with Gasteiger partial charge < -0.3 is 15.9 Å². The number of hydrogen-bond acceptors (Lipinski definition) is 3. The molecule has 0 saturated carbocycles. The maximum Gasteiger partial charge on any atom is 0.336 e. The SMILES string of the molecule is Cc1c(C(=O)O)cc(N)c(O)c1C. The lowest BCUT2D eigenvalue weighted by Gasteiger charge is -2.09. The Bertz CT molecular complexity index is 372. The predicted molar refractivity (Wildman–Crippen MR) is 49.0 cm³/mol. The van der Waals surface area contributed by atoms with Crippen molar-refractivity contribution in [2.75, 3.05) is 5.73 Å². The van der Waals surface area contributed by atoms with Crippen LogP contribution in [0.1, 0.15) is 21.5 Å². The number of carbonyl (C=O) groups is 1. The molecule has 0 aliphatic heterocycles. The minimum absolute atomic E-state index is 0.0394. The molecule has 0 atom stereocenters. The molecule has 0 bridgehead atoms. The Labute approximate surface area is 75.6 Å². The van der Waals surface area contributed by atoms with Gasteiger partial charge in [-0.3, -0.25) is 0 Å². The summed E-state index contributed by atoms with van der Waals surface area (Å²) in [7, 11) is 0. The summed E-state index contributed by atoms with van der Waals surface area (Å²) in [5.74, 6) is -1.07. The van der Waals surface area contributed by atoms with Crippen LogP contribution in [-0.2, 0) is 0 Å². The van der Waals surface area contributed by atoms with E-state index in [1.165, 1.54) is 6.07 Å². The molecule has 4 heteroatoms. The molecule has 0 aromatic heterocycles. The summed E-state index contributed by atoms with van der Waals surface area (Å²) >= 11 is 0. The molecule has 0 fully saturated rings. The summed E-state index contributed by atoms with van der Waals surface area (Å²) in [4.78, 5) is 10.7. The molecule has 4 N–H and O–H groups in total. The van der Waals surface area contributed by atoms with Crippen LogP contribution in [0.3, 0.4) is 0 Å². The third kappa shape index (κ3) is 1.42. The van der Waals surface area contributed by atoms with Crippen LogP contribution in [0.25, 0.3) is 0 Å². The molecule has 0 saturated heterocycles. The first-order chi connectivity index (χ1) is 5.95. The fourth-order valence-electron chi connectivity index (χ4n) is 1.15. The van der Waals surface area contributed by atoms with Crippen molar-refractivity contribution in [1.82, 2.24) is 0 Å². The predicted octanol–water partition coefficient (Wildman–Crippen LogP) is 1.29. The Morgan fingerprint density at radius 1 is 1.38 bits per heavy atom. The molecule has 70 valence electrons. The molecule has 1 aromatic carbocycles. The highest BCUT2D eigenvalue weighted by atomic mass is 16.4. The molecule has 0 spiro atoms. The lowest BCUT2D eigenvalue weighted by molar-refractivity contribution is 0.0696. The van der Waals surface area contributed by atoms with Gasteiger partial charge in [-0.25, -0.2) is 4.79 Å². The summed E-state index contributed by atoms with van der Waals surface area (Å²) in [6.45, 7) is 3.27. The van der Waals surface area contributed by atoms with E-state index in [0.717, 1.165) is 0 Å². The summed E-state index contributed by atoms with van der Waals surface area (Å²) < 4.78 is 0. The smallest absolute Gasteiger partial charge is 0.336 e. The highest BCUT2D eigenvalue weighted by Gasteiger charge is 2.13. The van der Waals surface area contributed by atoms with Crippen LogP contribution in [0.5, 0.6) is 5.75 Å². The summed E-state index contributed by atoms with van der Waals surface area (Å²) in [6.07, 6.45) is 0. The summed E-state index contributed by atoms with van der Waals surface area (Å²) in [5.41, 5.74) is 6.70. The molecule has 4 nitrogen and oxygen atoms in total. The number of phenolic OH excluding ortho intramolecular Hbond substituents is 1. The zero-order chi connectivity index (χ0) is 10.2. The Morgan fingerprint density at radius 3 is 2.38 bits per heavy atom. The zero-order valence-electron chi connectivity index (χ0n) is 7.46. The van der Waals surface area contributed by atoms with Crippen LogP contribution in [-0.4, -0.2) is 16.2 Å². The van der Waals surface area contributed by atoms with Gasteiger partial charge in [0.25, 0.3) is 0 Å². The number of aromatic carboxylic acids is 1. The number of phenols is 1. The summed E-state index contributed by atoms with van der Waals surface area (Å²) in [6, 6.07) is 1.26. The van der Waals surface area contributed by atoms with E-state index in [4.69, 9.17) is 10.8 Å². The minimum atomic E-state index is -1.03. The number of rotatable bonds is 1. The number of benzene rings is 1. The number of nitrogen functional groups attached to an aromatic ring is 1. The van der Waals surface area contributed by atoms with E-state index >= 15 is 0 Å². The van der Waals surface area contributed by atoms with Crippen molar-refractivity contribution in [2.24, 2.45) is 0 Å². The molecule has 13 heavy (non-hydrogen) atoms. The van der Waals surface area contributed by atoms with Crippen LogP contribution < -0.4 is 5.73 Å². The second-order valence-corrected chi connectivity index (χ2v) is 2.92. The average Bonchev–Trinajstić information content (AvgIpc) is 2.07. The highest BCUT2D eigenvalue weighted by Crippen LogP contribution is 2.29. The van der Waals surface area contributed by atoms with E-state index in [1.54, 1.807) is 13.8 Å². The molecule has 0 aliphatic rings. The number of carboxylic acids is 1. The van der Waals surface area contributed by atoms with Crippen molar-refractivity contribution in [3.05, 3.63) is 22.8 Å². The Hall–Kier alpha value is -1.71. The molecule has 0 unspecified atom stereocenters. The average molecular weight is 181 g/mol. The number of aromatic hydroxyl groups is 1. The minimum Gasteiger partial charge on any atom is -0.506 e. The van der Waals surface area contributed by atoms with E-state index in [-0.39, 0.29) is 17.0 Å². The lowest BCUT2D eigenvalue weighted by atomic mass is 10.0. The number of anilines is 1. The quantitative estimate of drug-likeness (QED) is 0.450. The molecule has 0 amide bonds. The van der Waals surface area contributed by atoms with Gasteiger partial charge in [-0.05, 0) is 31.0 Å². The van der Waals surface area contributed by atoms with Crippen molar-refractivity contribution < 1.29 is 15.0 Å². The normalized spacial score (nSPS) is 10.0. The fraction of sp³-hybridized carbons (Fsp3) is 0.222. The first-order valence-electron chi connectivity index (χ1n) is 3.77. The number of carboxylic acid groups (broad SMARTS) is 1. The standard InChI is InChI=1S/C9H11NO3/c1-4-5(2)8(11)7(10)3-6(4)9(12)13/h3,11H,10H2,1-2H3,(H,12,13). The van der Waals surface area contributed by atoms with Gasteiger partial charge in [0.2, 0.25) is 0 Å². The van der Waals surface area contributed by atoms with Crippen molar-refractivity contribution in [2.45, 2.75) is 13.8 Å². The molecular weight excluding hydrogens is 170 g/mol. The van der Waals surface area contributed by atoms with Crippen LogP contribution in [0.15, 0.2) is 6.07 Å². The summed E-state index contributed by atoms with van der Waals surface area (Å²) in [5, 5.41) is 18.1. The number of hydrogen-bond donors (Lipinski definition) is 3. The first-order valence-corrected chi connectivity index (χ1v) is 3.77. The molecule has 1 aromatic rings. The largest absolute Gasteiger partial charge is 0.506 e. The molecular formula is C9H11NO3. The van der Waals surface area contributed by atoms with E-state index < -0.39 is 5.97 Å². The molecule has 0 aliphatic carbocycles. The van der Waals surface area contributed by atoms with E-state index in [1.807, 2.05) is 0 Å². The van der Waals surface area contributed by atoms with Gasteiger partial charge in [0.1, 0.15) is 5.75 Å². The second-order valence-electron chi connectivity index (χ2n) is 2.92. The van der Waals surface area contributed by atoms with Crippen LogP contribution in [0.2, 0.25) is 0 Å². The van der Waals surface area contributed by atoms with E-state index in [0.29, 0.717) is 11.1 Å². The van der Waals surface area contributed by atoms with Gasteiger partial charge in [-0.1, -0.05) is 0 Å². The second kappa shape index (κ2) is 2.97. The fourth-order valence-corrected chi connectivity index (χ4v) is 1.15. The van der Waals surface area contributed by atoms with Crippen molar-refractivity contribution in [1.29, 1.82) is 0 Å². The monoisotopic (exact) mass is 181 g/mol. The van der Waals surface area contributed by atoms with Gasteiger partial charge >= 0.3 is 5.97 Å². The van der Waals surface area contributed by atoms with Crippen LogP contribution in [0, 0.1) is 13.8 Å². The number of nitrogens with two attached hydrogens (primary N) is 1. The Morgan fingerprint density at radius 2 is 1.92 bits per heavy atom. The van der Waals surface area contributed by atoms with E-state index in [2.05, 4.69) is 0 Å². The maximum absolute atomic E-state index is 10.7. The molecule has 1 rings (SSSR count). The van der Waals surface area contributed by atoms with Gasteiger partial charge in [0, 0.05) is 0 Å². The zero-order valence-corrected chi connectivity index (χ0v) is 7.46. The topological polar surface area (TPSA) is 83.5 Å². The first kappa shape index (κ1) is 9.38. The molecule has 0 heterocycles. The van der Waals surface area contributed by atoms with Crippen molar-refractivity contribution in [3.63, 3.8) is 0 Å². The van der Waals surface area contributed by atoms with Gasteiger partial charge in [-0.15, -0.1) is 0 Å². The van der Waals surface area contributed by atoms with E-state index in [9.17, 15) is 9.90 Å². The third-order valence-electron chi connectivity index (χ3n) is 2.13.